The Morgan fingerprint density at radius 2 is 2.38 bits per heavy atom. The first-order valence-corrected chi connectivity index (χ1v) is 6.30. The molecule has 2 rings (SSSR count). The molecule has 2 nitrogen and oxygen atoms in total. The molecule has 0 radical (unpaired) electrons. The SMILES string of the molecule is C=CCC(N)Cc1cc(Br)cc2c1OCC2. The van der Waals surface area contributed by atoms with E-state index in [2.05, 4.69) is 34.6 Å². The van der Waals surface area contributed by atoms with Gasteiger partial charge in [0.1, 0.15) is 5.75 Å². The van der Waals surface area contributed by atoms with Gasteiger partial charge in [-0.3, -0.25) is 0 Å². The van der Waals surface area contributed by atoms with Crippen molar-refractivity contribution < 1.29 is 4.74 Å². The molecule has 86 valence electrons. The van der Waals surface area contributed by atoms with Crippen LogP contribution in [0, 0.1) is 0 Å². The topological polar surface area (TPSA) is 35.2 Å². The van der Waals surface area contributed by atoms with Crippen molar-refractivity contribution in [3.05, 3.63) is 40.4 Å². The number of fused-ring (bicyclic) bond motifs is 1. The van der Waals surface area contributed by atoms with Crippen LogP contribution in [0.2, 0.25) is 0 Å². The molecule has 0 saturated heterocycles. The minimum Gasteiger partial charge on any atom is -0.493 e. The van der Waals surface area contributed by atoms with Crippen molar-refractivity contribution in [1.29, 1.82) is 0 Å². The molecule has 1 heterocycles. The summed E-state index contributed by atoms with van der Waals surface area (Å²) in [5, 5.41) is 0. The number of rotatable bonds is 4. The van der Waals surface area contributed by atoms with Crippen LogP contribution in [-0.2, 0) is 12.8 Å². The van der Waals surface area contributed by atoms with E-state index in [1.807, 2.05) is 6.08 Å². The molecule has 0 bridgehead atoms. The summed E-state index contributed by atoms with van der Waals surface area (Å²) >= 11 is 3.53. The van der Waals surface area contributed by atoms with Crippen molar-refractivity contribution in [2.24, 2.45) is 5.73 Å². The molecule has 1 aromatic carbocycles. The molecule has 0 spiro atoms. The summed E-state index contributed by atoms with van der Waals surface area (Å²) in [6, 6.07) is 4.36. The van der Waals surface area contributed by atoms with E-state index in [1.165, 1.54) is 11.1 Å². The van der Waals surface area contributed by atoms with E-state index in [0.29, 0.717) is 0 Å². The van der Waals surface area contributed by atoms with E-state index in [4.69, 9.17) is 10.5 Å². The third kappa shape index (κ3) is 2.47. The lowest BCUT2D eigenvalue weighted by atomic mass is 10.0. The van der Waals surface area contributed by atoms with Crippen molar-refractivity contribution in [2.45, 2.75) is 25.3 Å². The van der Waals surface area contributed by atoms with E-state index in [9.17, 15) is 0 Å². The summed E-state index contributed by atoms with van der Waals surface area (Å²) in [4.78, 5) is 0. The summed E-state index contributed by atoms with van der Waals surface area (Å²) < 4.78 is 6.77. The molecule has 1 atom stereocenters. The minimum absolute atomic E-state index is 0.125. The van der Waals surface area contributed by atoms with Gasteiger partial charge >= 0.3 is 0 Å². The van der Waals surface area contributed by atoms with Gasteiger partial charge in [-0.25, -0.2) is 0 Å². The van der Waals surface area contributed by atoms with Gasteiger partial charge in [0.05, 0.1) is 6.61 Å². The smallest absolute Gasteiger partial charge is 0.125 e. The fraction of sp³-hybridized carbons (Fsp3) is 0.385. The predicted octanol–water partition coefficient (Wildman–Crippen LogP) is 2.83. The lowest BCUT2D eigenvalue weighted by molar-refractivity contribution is 0.352. The molecule has 0 saturated carbocycles. The van der Waals surface area contributed by atoms with Crippen LogP contribution in [-0.4, -0.2) is 12.6 Å². The second-order valence-corrected chi connectivity index (χ2v) is 5.06. The van der Waals surface area contributed by atoms with Gasteiger partial charge in [-0.1, -0.05) is 22.0 Å². The molecule has 0 aromatic heterocycles. The van der Waals surface area contributed by atoms with Gasteiger partial charge in [0.25, 0.3) is 0 Å². The zero-order valence-corrected chi connectivity index (χ0v) is 10.8. The van der Waals surface area contributed by atoms with Gasteiger partial charge in [0, 0.05) is 16.9 Å². The molecule has 2 N–H and O–H groups in total. The van der Waals surface area contributed by atoms with Crippen molar-refractivity contribution in [3.8, 4) is 5.75 Å². The normalized spacial score (nSPS) is 15.4. The summed E-state index contributed by atoms with van der Waals surface area (Å²) in [6.45, 7) is 4.50. The number of halogens is 1. The first kappa shape index (κ1) is 11.7. The Bertz CT molecular complexity index is 403. The highest BCUT2D eigenvalue weighted by Crippen LogP contribution is 2.33. The summed E-state index contributed by atoms with van der Waals surface area (Å²) in [5.41, 5.74) is 8.51. The number of ether oxygens (including phenoxy) is 1. The minimum atomic E-state index is 0.125. The van der Waals surface area contributed by atoms with Crippen LogP contribution in [0.4, 0.5) is 0 Å². The van der Waals surface area contributed by atoms with Gasteiger partial charge in [-0.05, 0) is 36.1 Å². The third-order valence-electron chi connectivity index (χ3n) is 2.78. The third-order valence-corrected chi connectivity index (χ3v) is 3.23. The largest absolute Gasteiger partial charge is 0.493 e. The monoisotopic (exact) mass is 281 g/mol. The molecule has 16 heavy (non-hydrogen) atoms. The van der Waals surface area contributed by atoms with Crippen molar-refractivity contribution in [3.63, 3.8) is 0 Å². The molecule has 1 aromatic rings. The maximum atomic E-state index is 6.02. The molecule has 1 aliphatic rings. The Morgan fingerprint density at radius 3 is 3.12 bits per heavy atom. The predicted molar refractivity (Wildman–Crippen MR) is 69.8 cm³/mol. The molecule has 1 aliphatic heterocycles. The van der Waals surface area contributed by atoms with E-state index in [-0.39, 0.29) is 6.04 Å². The number of benzene rings is 1. The van der Waals surface area contributed by atoms with Gasteiger partial charge in [-0.15, -0.1) is 6.58 Å². The lowest BCUT2D eigenvalue weighted by Crippen LogP contribution is -2.22. The Hall–Kier alpha value is -0.800. The fourth-order valence-corrected chi connectivity index (χ4v) is 2.63. The van der Waals surface area contributed by atoms with Gasteiger partial charge in [0.2, 0.25) is 0 Å². The highest BCUT2D eigenvalue weighted by Gasteiger charge is 2.18. The molecular weight excluding hydrogens is 266 g/mol. The molecule has 1 unspecified atom stereocenters. The van der Waals surface area contributed by atoms with Gasteiger partial charge < -0.3 is 10.5 Å². The van der Waals surface area contributed by atoms with Crippen molar-refractivity contribution in [1.82, 2.24) is 0 Å². The summed E-state index contributed by atoms with van der Waals surface area (Å²) in [6.07, 6.45) is 4.54. The quantitative estimate of drug-likeness (QED) is 0.862. The number of nitrogens with two attached hydrogens (primary N) is 1. The zero-order chi connectivity index (χ0) is 11.5. The maximum Gasteiger partial charge on any atom is 0.125 e. The average molecular weight is 282 g/mol. The highest BCUT2D eigenvalue weighted by atomic mass is 79.9. The highest BCUT2D eigenvalue weighted by molar-refractivity contribution is 9.10. The number of hydrogen-bond donors (Lipinski definition) is 1. The van der Waals surface area contributed by atoms with Crippen LogP contribution in [0.1, 0.15) is 17.5 Å². The average Bonchev–Trinajstić information content (AvgIpc) is 2.65. The van der Waals surface area contributed by atoms with Crippen LogP contribution in [0.5, 0.6) is 5.75 Å². The molecule has 0 fully saturated rings. The molecule has 0 amide bonds. The molecule has 3 heteroatoms. The van der Waals surface area contributed by atoms with E-state index in [1.54, 1.807) is 0 Å². The fourth-order valence-electron chi connectivity index (χ4n) is 2.08. The second-order valence-electron chi connectivity index (χ2n) is 4.14. The zero-order valence-electron chi connectivity index (χ0n) is 9.21. The lowest BCUT2D eigenvalue weighted by Gasteiger charge is -2.13. The Kier molecular flexibility index (Phi) is 3.66. The van der Waals surface area contributed by atoms with Gasteiger partial charge in [-0.2, -0.15) is 0 Å². The maximum absolute atomic E-state index is 6.02. The van der Waals surface area contributed by atoms with Crippen LogP contribution >= 0.6 is 15.9 Å². The van der Waals surface area contributed by atoms with Crippen molar-refractivity contribution >= 4 is 15.9 Å². The number of hydrogen-bond acceptors (Lipinski definition) is 2. The first-order valence-electron chi connectivity index (χ1n) is 5.51. The van der Waals surface area contributed by atoms with Crippen molar-refractivity contribution in [2.75, 3.05) is 6.61 Å². The summed E-state index contributed by atoms with van der Waals surface area (Å²) in [5.74, 6) is 1.04. The first-order chi connectivity index (χ1) is 7.70. The van der Waals surface area contributed by atoms with Crippen LogP contribution in [0.25, 0.3) is 0 Å². The van der Waals surface area contributed by atoms with Gasteiger partial charge in [0.15, 0.2) is 0 Å². The van der Waals surface area contributed by atoms with E-state index in [0.717, 1.165) is 36.1 Å². The Morgan fingerprint density at radius 1 is 1.56 bits per heavy atom. The second kappa shape index (κ2) is 5.02. The van der Waals surface area contributed by atoms with Crippen LogP contribution in [0.3, 0.4) is 0 Å². The van der Waals surface area contributed by atoms with Crippen LogP contribution < -0.4 is 10.5 Å². The molecule has 0 aliphatic carbocycles. The van der Waals surface area contributed by atoms with Crippen LogP contribution in [0.15, 0.2) is 29.3 Å². The van der Waals surface area contributed by atoms with E-state index >= 15 is 0 Å². The standard InChI is InChI=1S/C13H16BrNO/c1-2-3-12(15)8-10-7-11(14)6-9-4-5-16-13(9)10/h2,6-7,12H,1,3-5,8,15H2. The Labute approximate surface area is 105 Å². The van der Waals surface area contributed by atoms with E-state index < -0.39 is 0 Å². The Balaban J connectivity index is 2.23. The molecular formula is C13H16BrNO. The summed E-state index contributed by atoms with van der Waals surface area (Å²) in [7, 11) is 0.